The van der Waals surface area contributed by atoms with Crippen LogP contribution in [0.25, 0.3) is 16.9 Å². The molecule has 0 unspecified atom stereocenters. The lowest BCUT2D eigenvalue weighted by molar-refractivity contribution is 0.475. The number of phenolic OH excluding ortho intramolecular Hbond substituents is 1. The van der Waals surface area contributed by atoms with E-state index in [0.29, 0.717) is 6.42 Å². The lowest BCUT2D eigenvalue weighted by atomic mass is 10.1. The molecular formula is C18H14N4O. The van der Waals surface area contributed by atoms with Crippen molar-refractivity contribution in [3.63, 3.8) is 0 Å². The molecule has 0 atom stereocenters. The van der Waals surface area contributed by atoms with Gasteiger partial charge in [0.15, 0.2) is 5.65 Å². The molecule has 4 aromatic rings. The lowest BCUT2D eigenvalue weighted by Crippen LogP contribution is -2.00. The maximum atomic E-state index is 9.38. The van der Waals surface area contributed by atoms with Gasteiger partial charge in [-0.3, -0.25) is 4.98 Å². The second-order valence-electron chi connectivity index (χ2n) is 5.32. The fourth-order valence-electron chi connectivity index (χ4n) is 2.54. The van der Waals surface area contributed by atoms with Gasteiger partial charge in [-0.15, -0.1) is 0 Å². The highest BCUT2D eigenvalue weighted by molar-refractivity contribution is 5.59. The summed E-state index contributed by atoms with van der Waals surface area (Å²) in [6.45, 7) is 0. The first kappa shape index (κ1) is 13.5. The van der Waals surface area contributed by atoms with Crippen molar-refractivity contribution in [3.05, 3.63) is 78.4 Å². The van der Waals surface area contributed by atoms with Crippen LogP contribution < -0.4 is 0 Å². The van der Waals surface area contributed by atoms with Gasteiger partial charge in [-0.1, -0.05) is 12.1 Å². The number of aromatic nitrogens is 4. The van der Waals surface area contributed by atoms with Gasteiger partial charge in [-0.05, 0) is 42.0 Å². The molecule has 112 valence electrons. The summed E-state index contributed by atoms with van der Waals surface area (Å²) in [6, 6.07) is 15.0. The zero-order valence-electron chi connectivity index (χ0n) is 12.3. The van der Waals surface area contributed by atoms with E-state index < -0.39 is 0 Å². The predicted octanol–water partition coefficient (Wildman–Crippen LogP) is 3.09. The van der Waals surface area contributed by atoms with Crippen molar-refractivity contribution in [1.29, 1.82) is 0 Å². The number of hydrogen-bond acceptors (Lipinski definition) is 4. The van der Waals surface area contributed by atoms with Crippen LogP contribution in [0.3, 0.4) is 0 Å². The molecule has 0 saturated heterocycles. The van der Waals surface area contributed by atoms with Crippen LogP contribution in [0.4, 0.5) is 0 Å². The van der Waals surface area contributed by atoms with Gasteiger partial charge in [0.25, 0.3) is 0 Å². The molecule has 23 heavy (non-hydrogen) atoms. The summed E-state index contributed by atoms with van der Waals surface area (Å²) in [5, 5.41) is 14.1. The Hall–Kier alpha value is -3.21. The van der Waals surface area contributed by atoms with Gasteiger partial charge < -0.3 is 5.11 Å². The monoisotopic (exact) mass is 302 g/mol. The molecule has 0 radical (unpaired) electrons. The second-order valence-corrected chi connectivity index (χ2v) is 5.32. The van der Waals surface area contributed by atoms with Gasteiger partial charge in [0, 0.05) is 24.4 Å². The van der Waals surface area contributed by atoms with E-state index in [1.807, 2.05) is 47.1 Å². The van der Waals surface area contributed by atoms with Gasteiger partial charge >= 0.3 is 0 Å². The summed E-state index contributed by atoms with van der Waals surface area (Å²) >= 11 is 0. The molecule has 3 heterocycles. The zero-order chi connectivity index (χ0) is 15.6. The molecule has 3 aromatic heterocycles. The van der Waals surface area contributed by atoms with Gasteiger partial charge in [-0.2, -0.15) is 5.10 Å². The van der Waals surface area contributed by atoms with Crippen LogP contribution in [0, 0.1) is 0 Å². The normalized spacial score (nSPS) is 11.0. The van der Waals surface area contributed by atoms with E-state index in [-0.39, 0.29) is 5.75 Å². The van der Waals surface area contributed by atoms with Crippen molar-refractivity contribution >= 4 is 5.65 Å². The molecule has 5 heteroatoms. The Balaban J connectivity index is 1.74. The van der Waals surface area contributed by atoms with Gasteiger partial charge in [0.2, 0.25) is 0 Å². The van der Waals surface area contributed by atoms with Crippen molar-refractivity contribution in [2.24, 2.45) is 0 Å². The zero-order valence-corrected chi connectivity index (χ0v) is 12.3. The minimum absolute atomic E-state index is 0.269. The first-order chi connectivity index (χ1) is 11.3. The van der Waals surface area contributed by atoms with E-state index >= 15 is 0 Å². The highest BCUT2D eigenvalue weighted by atomic mass is 16.3. The number of aromatic hydroxyl groups is 1. The highest BCUT2D eigenvalue weighted by Gasteiger charge is 2.08. The Kier molecular flexibility index (Phi) is 3.24. The molecule has 0 aliphatic carbocycles. The van der Waals surface area contributed by atoms with Crippen molar-refractivity contribution in [2.75, 3.05) is 0 Å². The largest absolute Gasteiger partial charge is 0.508 e. The fourth-order valence-corrected chi connectivity index (χ4v) is 2.54. The summed E-state index contributed by atoms with van der Waals surface area (Å²) < 4.78 is 1.86. The van der Waals surface area contributed by atoms with E-state index in [9.17, 15) is 5.11 Å². The van der Waals surface area contributed by atoms with Crippen LogP contribution >= 0.6 is 0 Å². The van der Waals surface area contributed by atoms with Crippen molar-refractivity contribution < 1.29 is 5.11 Å². The molecule has 1 N–H and O–H groups in total. The Morgan fingerprint density at radius 1 is 0.913 bits per heavy atom. The number of fused-ring (bicyclic) bond motifs is 1. The fraction of sp³-hybridized carbons (Fsp3) is 0.0556. The molecular weight excluding hydrogens is 288 g/mol. The maximum absolute atomic E-state index is 9.38. The molecule has 0 spiro atoms. The minimum atomic E-state index is 0.269. The predicted molar refractivity (Wildman–Crippen MR) is 87.1 cm³/mol. The standard InChI is InChI=1S/C18H14N4O/c23-16-3-1-13(2-4-16)11-15-12-20-18-6-5-17(21-22(15)18)14-7-9-19-10-8-14/h1-10,12,23H,11H2. The minimum Gasteiger partial charge on any atom is -0.508 e. The maximum Gasteiger partial charge on any atom is 0.153 e. The Morgan fingerprint density at radius 2 is 1.70 bits per heavy atom. The van der Waals surface area contributed by atoms with Crippen molar-refractivity contribution in [3.8, 4) is 17.0 Å². The molecule has 0 aliphatic heterocycles. The Morgan fingerprint density at radius 3 is 2.48 bits per heavy atom. The number of pyridine rings is 1. The quantitative estimate of drug-likeness (QED) is 0.631. The number of hydrogen-bond donors (Lipinski definition) is 1. The molecule has 0 saturated carbocycles. The van der Waals surface area contributed by atoms with Crippen LogP contribution in [0.5, 0.6) is 5.75 Å². The van der Waals surface area contributed by atoms with E-state index in [4.69, 9.17) is 5.10 Å². The summed E-state index contributed by atoms with van der Waals surface area (Å²) in [5.74, 6) is 0.269. The van der Waals surface area contributed by atoms with E-state index in [1.54, 1.807) is 24.5 Å². The van der Waals surface area contributed by atoms with Gasteiger partial charge in [0.1, 0.15) is 5.75 Å². The summed E-state index contributed by atoms with van der Waals surface area (Å²) in [6.07, 6.45) is 6.05. The molecule has 0 bridgehead atoms. The first-order valence-electron chi connectivity index (χ1n) is 7.31. The molecule has 0 amide bonds. The molecule has 0 aliphatic rings. The van der Waals surface area contributed by atoms with Crippen LogP contribution in [0.2, 0.25) is 0 Å². The molecule has 0 fully saturated rings. The van der Waals surface area contributed by atoms with Crippen molar-refractivity contribution in [1.82, 2.24) is 19.6 Å². The topological polar surface area (TPSA) is 63.3 Å². The number of nitrogens with zero attached hydrogens (tertiary/aromatic N) is 4. The molecule has 5 nitrogen and oxygen atoms in total. The average Bonchev–Trinajstić information content (AvgIpc) is 3.00. The molecule has 1 aromatic carbocycles. The number of imidazole rings is 1. The Bertz CT molecular complexity index is 946. The van der Waals surface area contributed by atoms with Crippen LogP contribution in [0.1, 0.15) is 11.3 Å². The van der Waals surface area contributed by atoms with E-state index in [1.165, 1.54) is 0 Å². The number of rotatable bonds is 3. The van der Waals surface area contributed by atoms with Gasteiger partial charge in [-0.25, -0.2) is 9.50 Å². The number of benzene rings is 1. The van der Waals surface area contributed by atoms with E-state index in [2.05, 4.69) is 9.97 Å². The first-order valence-corrected chi connectivity index (χ1v) is 7.31. The van der Waals surface area contributed by atoms with Crippen LogP contribution in [-0.2, 0) is 6.42 Å². The SMILES string of the molecule is Oc1ccc(Cc2cnc3ccc(-c4ccncc4)nn23)cc1. The third kappa shape index (κ3) is 2.64. The van der Waals surface area contributed by atoms with E-state index in [0.717, 1.165) is 28.2 Å². The molecule has 4 rings (SSSR count). The summed E-state index contributed by atoms with van der Waals surface area (Å²) in [5.41, 5.74) is 4.81. The number of phenols is 1. The highest BCUT2D eigenvalue weighted by Crippen LogP contribution is 2.18. The Labute approximate surface area is 132 Å². The summed E-state index contributed by atoms with van der Waals surface area (Å²) in [7, 11) is 0. The van der Waals surface area contributed by atoms with Gasteiger partial charge in [0.05, 0.1) is 17.6 Å². The second kappa shape index (κ2) is 5.53. The van der Waals surface area contributed by atoms with Crippen LogP contribution in [-0.4, -0.2) is 24.7 Å². The smallest absolute Gasteiger partial charge is 0.153 e. The van der Waals surface area contributed by atoms with Crippen LogP contribution in [0.15, 0.2) is 67.1 Å². The third-order valence-electron chi connectivity index (χ3n) is 3.73. The third-order valence-corrected chi connectivity index (χ3v) is 3.73. The lowest BCUT2D eigenvalue weighted by Gasteiger charge is -2.05. The van der Waals surface area contributed by atoms with Crippen molar-refractivity contribution in [2.45, 2.75) is 6.42 Å². The summed E-state index contributed by atoms with van der Waals surface area (Å²) in [4.78, 5) is 8.44. The average molecular weight is 302 g/mol.